The van der Waals surface area contributed by atoms with Crippen molar-refractivity contribution in [2.45, 2.75) is 0 Å². The van der Waals surface area contributed by atoms with Crippen LogP contribution in [-0.4, -0.2) is 31.7 Å². The first-order valence-electron chi connectivity index (χ1n) is 8.99. The van der Waals surface area contributed by atoms with E-state index in [4.69, 9.17) is 14.2 Å². The van der Waals surface area contributed by atoms with Crippen LogP contribution in [0, 0.1) is 10.1 Å². The summed E-state index contributed by atoms with van der Waals surface area (Å²) in [6.45, 7) is -0.257. The molecule has 0 fully saturated rings. The largest absolute Gasteiger partial charge is 0.497 e. The van der Waals surface area contributed by atoms with Gasteiger partial charge in [0.05, 0.1) is 19.1 Å². The van der Waals surface area contributed by atoms with E-state index in [-0.39, 0.29) is 18.2 Å². The van der Waals surface area contributed by atoms with Crippen molar-refractivity contribution in [2.24, 2.45) is 0 Å². The molecule has 1 amide bonds. The van der Waals surface area contributed by atoms with Crippen molar-refractivity contribution in [3.8, 4) is 28.4 Å². The van der Waals surface area contributed by atoms with Crippen LogP contribution in [0.2, 0.25) is 0 Å². The van der Waals surface area contributed by atoms with Gasteiger partial charge in [-0.15, -0.1) is 0 Å². The molecule has 0 saturated carbocycles. The van der Waals surface area contributed by atoms with Gasteiger partial charge in [0.1, 0.15) is 17.2 Å². The van der Waals surface area contributed by atoms with Crippen LogP contribution in [0.5, 0.6) is 17.2 Å². The fraction of sp³-hybridized carbons (Fsp3) is 0.136. The van der Waals surface area contributed by atoms with Crippen molar-refractivity contribution in [2.75, 3.05) is 26.1 Å². The quantitative estimate of drug-likeness (QED) is 0.441. The van der Waals surface area contributed by atoms with Gasteiger partial charge in [0.25, 0.3) is 11.6 Å². The number of nitrogens with zero attached hydrogens (tertiary/aromatic N) is 1. The average molecular weight is 408 g/mol. The molecule has 3 aromatic rings. The molecule has 3 aromatic carbocycles. The third kappa shape index (κ3) is 5.05. The minimum Gasteiger partial charge on any atom is -0.497 e. The lowest BCUT2D eigenvalue weighted by Gasteiger charge is -2.12. The number of hydrogen-bond acceptors (Lipinski definition) is 6. The molecule has 0 aliphatic heterocycles. The Labute approximate surface area is 173 Å². The van der Waals surface area contributed by atoms with Crippen LogP contribution >= 0.6 is 0 Å². The molecule has 8 nitrogen and oxygen atoms in total. The highest BCUT2D eigenvalue weighted by Gasteiger charge is 2.15. The molecule has 1 N–H and O–H groups in total. The molecule has 0 radical (unpaired) electrons. The van der Waals surface area contributed by atoms with Crippen LogP contribution in [0.3, 0.4) is 0 Å². The number of amides is 1. The molecule has 3 rings (SSSR count). The minimum absolute atomic E-state index is 0.0733. The van der Waals surface area contributed by atoms with Crippen molar-refractivity contribution >= 4 is 17.3 Å². The Bertz CT molecular complexity index is 1030. The summed E-state index contributed by atoms with van der Waals surface area (Å²) in [4.78, 5) is 23.0. The molecule has 0 aromatic heterocycles. The molecule has 0 bridgehead atoms. The lowest BCUT2D eigenvalue weighted by molar-refractivity contribution is -0.384. The summed E-state index contributed by atoms with van der Waals surface area (Å²) in [5, 5.41) is 13.9. The zero-order valence-electron chi connectivity index (χ0n) is 16.5. The van der Waals surface area contributed by atoms with E-state index in [0.29, 0.717) is 34.1 Å². The summed E-state index contributed by atoms with van der Waals surface area (Å²) >= 11 is 0. The molecule has 8 heteroatoms. The molecular weight excluding hydrogens is 388 g/mol. The number of anilines is 1. The van der Waals surface area contributed by atoms with Crippen molar-refractivity contribution < 1.29 is 23.9 Å². The highest BCUT2D eigenvalue weighted by molar-refractivity contribution is 5.92. The van der Waals surface area contributed by atoms with Crippen molar-refractivity contribution in [3.05, 3.63) is 76.8 Å². The zero-order chi connectivity index (χ0) is 21.5. The van der Waals surface area contributed by atoms with E-state index in [1.165, 1.54) is 18.2 Å². The van der Waals surface area contributed by atoms with E-state index in [9.17, 15) is 14.9 Å². The van der Waals surface area contributed by atoms with Crippen molar-refractivity contribution in [3.63, 3.8) is 0 Å². The van der Waals surface area contributed by atoms with Gasteiger partial charge in [-0.3, -0.25) is 14.9 Å². The first kappa shape index (κ1) is 20.7. The van der Waals surface area contributed by atoms with Gasteiger partial charge in [-0.05, 0) is 48.0 Å². The number of carbonyl (C=O) groups excluding carboxylic acids is 1. The van der Waals surface area contributed by atoms with Crippen LogP contribution in [0.4, 0.5) is 11.4 Å². The number of nitro benzene ring substituents is 1. The standard InChI is InChI=1S/C22H20N2O6/c1-28-18-8-3-15(4-9-18)20-13-17(24(26)27)7-12-21(20)30-14-22(25)23-16-5-10-19(29-2)11-6-16/h3-13H,14H2,1-2H3,(H,23,25). The number of rotatable bonds is 8. The predicted octanol–water partition coefficient (Wildman–Crippen LogP) is 4.30. The second kappa shape index (κ2) is 9.42. The van der Waals surface area contributed by atoms with Gasteiger partial charge in [-0.25, -0.2) is 0 Å². The van der Waals surface area contributed by atoms with E-state index < -0.39 is 4.92 Å². The topological polar surface area (TPSA) is 99.9 Å². The lowest BCUT2D eigenvalue weighted by atomic mass is 10.0. The van der Waals surface area contributed by atoms with E-state index in [1.54, 1.807) is 62.8 Å². The maximum absolute atomic E-state index is 12.3. The summed E-state index contributed by atoms with van der Waals surface area (Å²) in [5.74, 6) is 1.33. The van der Waals surface area contributed by atoms with E-state index in [0.717, 1.165) is 0 Å². The van der Waals surface area contributed by atoms with Gasteiger partial charge >= 0.3 is 0 Å². The number of methoxy groups -OCH3 is 2. The molecule has 0 unspecified atom stereocenters. The summed E-state index contributed by atoms with van der Waals surface area (Å²) in [6, 6.07) is 18.1. The number of nitro groups is 1. The van der Waals surface area contributed by atoms with Gasteiger partial charge in [0, 0.05) is 23.4 Å². The van der Waals surface area contributed by atoms with Gasteiger partial charge < -0.3 is 19.5 Å². The maximum atomic E-state index is 12.3. The van der Waals surface area contributed by atoms with Crippen LogP contribution in [-0.2, 0) is 4.79 Å². The number of benzene rings is 3. The molecule has 0 spiro atoms. The monoisotopic (exact) mass is 408 g/mol. The minimum atomic E-state index is -0.479. The van der Waals surface area contributed by atoms with Crippen LogP contribution in [0.1, 0.15) is 0 Å². The highest BCUT2D eigenvalue weighted by Crippen LogP contribution is 2.34. The SMILES string of the molecule is COc1ccc(NC(=O)COc2ccc([N+](=O)[O-])cc2-c2ccc(OC)cc2)cc1. The average Bonchev–Trinajstić information content (AvgIpc) is 2.78. The van der Waals surface area contributed by atoms with E-state index in [2.05, 4.69) is 5.32 Å². The first-order valence-corrected chi connectivity index (χ1v) is 8.99. The van der Waals surface area contributed by atoms with Gasteiger partial charge in [0.15, 0.2) is 6.61 Å². The molecule has 0 heterocycles. The third-order valence-electron chi connectivity index (χ3n) is 4.31. The smallest absolute Gasteiger partial charge is 0.270 e. The fourth-order valence-corrected chi connectivity index (χ4v) is 2.77. The Morgan fingerprint density at radius 1 is 0.933 bits per heavy atom. The van der Waals surface area contributed by atoms with Gasteiger partial charge in [-0.2, -0.15) is 0 Å². The molecular formula is C22H20N2O6. The number of carbonyl (C=O) groups is 1. The Morgan fingerprint density at radius 3 is 2.10 bits per heavy atom. The van der Waals surface area contributed by atoms with E-state index >= 15 is 0 Å². The number of hydrogen-bond donors (Lipinski definition) is 1. The van der Waals surface area contributed by atoms with Gasteiger partial charge in [-0.1, -0.05) is 12.1 Å². The fourth-order valence-electron chi connectivity index (χ4n) is 2.77. The van der Waals surface area contributed by atoms with Crippen LogP contribution < -0.4 is 19.5 Å². The Balaban J connectivity index is 1.76. The molecule has 0 atom stereocenters. The normalized spacial score (nSPS) is 10.2. The summed E-state index contributed by atoms with van der Waals surface area (Å²) in [5.41, 5.74) is 1.73. The summed E-state index contributed by atoms with van der Waals surface area (Å²) in [7, 11) is 3.12. The van der Waals surface area contributed by atoms with Crippen molar-refractivity contribution in [1.29, 1.82) is 0 Å². The molecule has 0 aliphatic rings. The van der Waals surface area contributed by atoms with Crippen LogP contribution in [0.25, 0.3) is 11.1 Å². The Kier molecular flexibility index (Phi) is 6.49. The number of ether oxygens (including phenoxy) is 3. The van der Waals surface area contributed by atoms with Crippen molar-refractivity contribution in [1.82, 2.24) is 0 Å². The Hall–Kier alpha value is -4.07. The third-order valence-corrected chi connectivity index (χ3v) is 4.31. The molecule has 0 aliphatic carbocycles. The summed E-state index contributed by atoms with van der Waals surface area (Å²) in [6.07, 6.45) is 0. The maximum Gasteiger partial charge on any atom is 0.270 e. The molecule has 0 saturated heterocycles. The summed E-state index contributed by atoms with van der Waals surface area (Å²) < 4.78 is 15.9. The second-order valence-electron chi connectivity index (χ2n) is 6.23. The first-order chi connectivity index (χ1) is 14.5. The Morgan fingerprint density at radius 2 is 1.53 bits per heavy atom. The lowest BCUT2D eigenvalue weighted by Crippen LogP contribution is -2.20. The number of nitrogens with one attached hydrogen (secondary N) is 1. The predicted molar refractivity (Wildman–Crippen MR) is 112 cm³/mol. The second-order valence-corrected chi connectivity index (χ2v) is 6.23. The molecule has 30 heavy (non-hydrogen) atoms. The van der Waals surface area contributed by atoms with E-state index in [1.807, 2.05) is 0 Å². The van der Waals surface area contributed by atoms with Crippen LogP contribution in [0.15, 0.2) is 66.7 Å². The highest BCUT2D eigenvalue weighted by atomic mass is 16.6. The zero-order valence-corrected chi connectivity index (χ0v) is 16.5. The molecule has 154 valence electrons. The van der Waals surface area contributed by atoms with Gasteiger partial charge in [0.2, 0.25) is 0 Å². The number of non-ortho nitro benzene ring substituents is 1.